The normalized spacial score (nSPS) is 21.6. The number of hydrogen-bond acceptors (Lipinski definition) is 7. The summed E-state index contributed by atoms with van der Waals surface area (Å²) in [7, 11) is 0. The Balaban J connectivity index is 1.54. The summed E-state index contributed by atoms with van der Waals surface area (Å²) < 4.78 is 63.9. The van der Waals surface area contributed by atoms with Crippen LogP contribution in [-0.2, 0) is 10.9 Å². The number of benzene rings is 2. The monoisotopic (exact) mass is 620 g/mol. The van der Waals surface area contributed by atoms with Crippen molar-refractivity contribution in [1.82, 2.24) is 29.8 Å². The molecule has 1 aliphatic rings. The largest absolute Gasteiger partial charge is 0.418 e. The van der Waals surface area contributed by atoms with Crippen molar-refractivity contribution >= 4 is 34.8 Å². The minimum absolute atomic E-state index is 0.00694. The molecule has 0 aliphatic carbocycles. The minimum atomic E-state index is -4.72. The lowest BCUT2D eigenvalue weighted by atomic mass is 9.95. The van der Waals surface area contributed by atoms with E-state index in [1.165, 1.54) is 23.9 Å². The molecule has 4 unspecified atom stereocenters. The molecule has 0 saturated carbocycles. The molecular formula is C24H19Cl3F4N6O3. The number of aryl methyl sites for hydroxylation is 1. The highest BCUT2D eigenvalue weighted by atomic mass is 35.5. The van der Waals surface area contributed by atoms with Crippen LogP contribution in [0.1, 0.15) is 35.8 Å². The van der Waals surface area contributed by atoms with E-state index in [1.807, 2.05) is 0 Å². The fraction of sp³-hybridized carbons (Fsp3) is 0.333. The summed E-state index contributed by atoms with van der Waals surface area (Å²) in [4.78, 5) is 4.30. The first kappa shape index (κ1) is 28.7. The zero-order chi connectivity index (χ0) is 28.9. The molecule has 4 atom stereocenters. The van der Waals surface area contributed by atoms with Crippen LogP contribution in [0.2, 0.25) is 15.1 Å². The first-order valence-electron chi connectivity index (χ1n) is 11.7. The summed E-state index contributed by atoms with van der Waals surface area (Å²) in [5.41, 5.74) is -0.886. The van der Waals surface area contributed by atoms with Gasteiger partial charge in [0.05, 0.1) is 40.1 Å². The molecule has 5 rings (SSSR count). The number of ether oxygens (including phenoxy) is 1. The summed E-state index contributed by atoms with van der Waals surface area (Å²) >= 11 is 17.8. The second-order valence-electron chi connectivity index (χ2n) is 9.07. The average Bonchev–Trinajstić information content (AvgIpc) is 3.53. The third kappa shape index (κ3) is 5.41. The molecule has 0 radical (unpaired) electrons. The van der Waals surface area contributed by atoms with Gasteiger partial charge < -0.3 is 14.9 Å². The first-order valence-corrected chi connectivity index (χ1v) is 12.8. The van der Waals surface area contributed by atoms with Crippen LogP contribution < -0.4 is 0 Å². The molecule has 40 heavy (non-hydrogen) atoms. The molecule has 2 N–H and O–H groups in total. The van der Waals surface area contributed by atoms with Gasteiger partial charge in [-0.25, -0.2) is 18.7 Å². The van der Waals surface area contributed by atoms with Crippen LogP contribution in [-0.4, -0.2) is 58.8 Å². The molecule has 16 heteroatoms. The van der Waals surface area contributed by atoms with Crippen molar-refractivity contribution in [1.29, 1.82) is 0 Å². The number of nitrogens with zero attached hydrogens (tertiary/aromatic N) is 6. The Morgan fingerprint density at radius 3 is 2.58 bits per heavy atom. The fourth-order valence-corrected chi connectivity index (χ4v) is 5.03. The standard InChI is InChI=1S/C24H19Cl3F4N6O3/c1-10-32-23(37(34-10)17-6-12(25)2-3-13(17)24(29,30)31)19-7-18(22(39)20(9-38)40-19)36-8-16(33-35-36)11-4-14(26)21(27)15(28)5-11/h2-6,8,18-20,22,38-39H,7,9H2,1H3. The second kappa shape index (κ2) is 10.9. The van der Waals surface area contributed by atoms with Gasteiger partial charge in [-0.1, -0.05) is 40.0 Å². The number of alkyl halides is 3. The maximum atomic E-state index is 14.1. The molecule has 1 fully saturated rings. The van der Waals surface area contributed by atoms with Crippen LogP contribution in [0.15, 0.2) is 36.5 Å². The smallest absolute Gasteiger partial charge is 0.394 e. The Kier molecular flexibility index (Phi) is 7.81. The van der Waals surface area contributed by atoms with Crippen molar-refractivity contribution in [2.45, 2.75) is 43.9 Å². The maximum Gasteiger partial charge on any atom is 0.418 e. The quantitative estimate of drug-likeness (QED) is 0.228. The fourth-order valence-electron chi connectivity index (χ4n) is 4.55. The van der Waals surface area contributed by atoms with Gasteiger partial charge in [0.1, 0.15) is 35.6 Å². The molecule has 0 spiro atoms. The Bertz CT molecular complexity index is 1540. The number of halogens is 7. The molecule has 0 bridgehead atoms. The number of aromatic nitrogens is 6. The Labute approximate surface area is 238 Å². The van der Waals surface area contributed by atoms with Gasteiger partial charge in [-0.2, -0.15) is 18.3 Å². The number of hydrogen-bond donors (Lipinski definition) is 2. The number of rotatable bonds is 5. The molecule has 4 aromatic rings. The van der Waals surface area contributed by atoms with E-state index in [2.05, 4.69) is 20.4 Å². The molecular weight excluding hydrogens is 603 g/mol. The third-order valence-corrected chi connectivity index (χ3v) is 7.41. The number of aliphatic hydroxyl groups is 2. The van der Waals surface area contributed by atoms with E-state index in [0.29, 0.717) is 0 Å². The molecule has 3 heterocycles. The van der Waals surface area contributed by atoms with Crippen LogP contribution in [0.25, 0.3) is 16.9 Å². The van der Waals surface area contributed by atoms with E-state index >= 15 is 0 Å². The van der Waals surface area contributed by atoms with Gasteiger partial charge in [0.25, 0.3) is 0 Å². The van der Waals surface area contributed by atoms with E-state index in [9.17, 15) is 27.8 Å². The Morgan fingerprint density at radius 2 is 1.90 bits per heavy atom. The molecule has 212 valence electrons. The van der Waals surface area contributed by atoms with Crippen LogP contribution in [0.4, 0.5) is 17.6 Å². The van der Waals surface area contributed by atoms with E-state index in [-0.39, 0.29) is 50.1 Å². The van der Waals surface area contributed by atoms with Gasteiger partial charge >= 0.3 is 6.18 Å². The average molecular weight is 622 g/mol. The Hall–Kier alpha value is -2.81. The highest BCUT2D eigenvalue weighted by Crippen LogP contribution is 2.41. The predicted molar refractivity (Wildman–Crippen MR) is 136 cm³/mol. The molecule has 2 aromatic carbocycles. The first-order chi connectivity index (χ1) is 18.9. The number of aliphatic hydroxyl groups excluding tert-OH is 2. The van der Waals surface area contributed by atoms with Crippen molar-refractivity contribution in [2.75, 3.05) is 6.61 Å². The van der Waals surface area contributed by atoms with Gasteiger partial charge in [0, 0.05) is 17.0 Å². The van der Waals surface area contributed by atoms with Gasteiger partial charge in [-0.3, -0.25) is 0 Å². The molecule has 1 aliphatic heterocycles. The summed E-state index contributed by atoms with van der Waals surface area (Å²) in [5.74, 6) is -0.619. The van der Waals surface area contributed by atoms with Crippen LogP contribution >= 0.6 is 34.8 Å². The van der Waals surface area contributed by atoms with E-state index in [4.69, 9.17) is 39.5 Å². The molecule has 1 saturated heterocycles. The zero-order valence-corrected chi connectivity index (χ0v) is 22.6. The topological polar surface area (TPSA) is 111 Å². The second-order valence-corrected chi connectivity index (χ2v) is 10.3. The Morgan fingerprint density at radius 1 is 1.15 bits per heavy atom. The van der Waals surface area contributed by atoms with Crippen LogP contribution in [0, 0.1) is 12.7 Å². The van der Waals surface area contributed by atoms with Gasteiger partial charge in [-0.15, -0.1) is 5.10 Å². The van der Waals surface area contributed by atoms with E-state index in [0.717, 1.165) is 28.9 Å². The SMILES string of the molecule is Cc1nc(C2CC(n3cc(-c4cc(F)c(Cl)c(Cl)c4)nn3)C(O)C(CO)O2)n(-c2cc(Cl)ccc2C(F)(F)F)n1. The van der Waals surface area contributed by atoms with Crippen molar-refractivity contribution in [3.05, 3.63) is 74.6 Å². The van der Waals surface area contributed by atoms with E-state index in [1.54, 1.807) is 0 Å². The minimum Gasteiger partial charge on any atom is -0.394 e. The van der Waals surface area contributed by atoms with E-state index < -0.39 is 48.5 Å². The van der Waals surface area contributed by atoms with Gasteiger partial charge in [0.2, 0.25) is 0 Å². The molecule has 0 amide bonds. The van der Waals surface area contributed by atoms with Gasteiger partial charge in [0.15, 0.2) is 5.82 Å². The highest BCUT2D eigenvalue weighted by molar-refractivity contribution is 6.42. The predicted octanol–water partition coefficient (Wildman–Crippen LogP) is 5.38. The van der Waals surface area contributed by atoms with Crippen molar-refractivity contribution in [3.8, 4) is 16.9 Å². The summed E-state index contributed by atoms with van der Waals surface area (Å²) in [5, 5.41) is 32.9. The van der Waals surface area contributed by atoms with Gasteiger partial charge in [-0.05, 0) is 37.3 Å². The summed E-state index contributed by atoms with van der Waals surface area (Å²) in [6.07, 6.45) is -6.84. The van der Waals surface area contributed by atoms with Crippen molar-refractivity contribution in [3.63, 3.8) is 0 Å². The third-order valence-electron chi connectivity index (χ3n) is 6.40. The maximum absolute atomic E-state index is 14.1. The van der Waals surface area contributed by atoms with Crippen LogP contribution in [0.5, 0.6) is 0 Å². The summed E-state index contributed by atoms with van der Waals surface area (Å²) in [6.45, 7) is 0.877. The molecule has 2 aromatic heterocycles. The lowest BCUT2D eigenvalue weighted by Crippen LogP contribution is -2.45. The highest BCUT2D eigenvalue weighted by Gasteiger charge is 2.42. The lowest BCUT2D eigenvalue weighted by molar-refractivity contribution is -0.161. The van der Waals surface area contributed by atoms with Crippen LogP contribution in [0.3, 0.4) is 0 Å². The van der Waals surface area contributed by atoms with Crippen molar-refractivity contribution < 1.29 is 32.5 Å². The molecule has 9 nitrogen and oxygen atoms in total. The zero-order valence-electron chi connectivity index (χ0n) is 20.3. The summed E-state index contributed by atoms with van der Waals surface area (Å²) in [6, 6.07) is 4.71. The lowest BCUT2D eigenvalue weighted by Gasteiger charge is -2.38. The van der Waals surface area contributed by atoms with Crippen molar-refractivity contribution in [2.24, 2.45) is 0 Å².